The van der Waals surface area contributed by atoms with Crippen molar-refractivity contribution < 1.29 is 0 Å². The molecule has 0 radical (unpaired) electrons. The van der Waals surface area contributed by atoms with Crippen LogP contribution in [0.5, 0.6) is 0 Å². The lowest BCUT2D eigenvalue weighted by Crippen LogP contribution is -1.97. The van der Waals surface area contributed by atoms with Gasteiger partial charge in [0.1, 0.15) is 0 Å². The first-order chi connectivity index (χ1) is 13.3. The molecule has 7 aromatic rings. The van der Waals surface area contributed by atoms with Gasteiger partial charge in [0.15, 0.2) is 0 Å². The van der Waals surface area contributed by atoms with Crippen molar-refractivity contribution in [1.29, 1.82) is 0 Å². The Balaban J connectivity index is 2.01. The average molecular weight is 344 g/mol. The summed E-state index contributed by atoms with van der Waals surface area (Å²) in [6, 6.07) is 28.9. The minimum atomic E-state index is 1.27. The van der Waals surface area contributed by atoms with Crippen LogP contribution in [0.15, 0.2) is 78.9 Å². The summed E-state index contributed by atoms with van der Waals surface area (Å²) in [6.07, 6.45) is 0. The van der Waals surface area contributed by atoms with Crippen LogP contribution in [0.3, 0.4) is 0 Å². The highest BCUT2D eigenvalue weighted by atomic mass is 15.0. The quantitative estimate of drug-likeness (QED) is 0.276. The molecule has 4 aromatic carbocycles. The second-order valence-corrected chi connectivity index (χ2v) is 7.56. The number of hydrogen-bond acceptors (Lipinski definition) is 0. The Bertz CT molecular complexity index is 1670. The number of para-hydroxylation sites is 3. The van der Waals surface area contributed by atoms with E-state index in [0.29, 0.717) is 0 Å². The minimum absolute atomic E-state index is 1.27. The number of fused-ring (bicyclic) bond motifs is 8. The average Bonchev–Trinajstić information content (AvgIpc) is 3.21. The Morgan fingerprint density at radius 3 is 1.81 bits per heavy atom. The molecule has 0 saturated heterocycles. The molecule has 0 bridgehead atoms. The van der Waals surface area contributed by atoms with Crippen molar-refractivity contribution in [2.45, 2.75) is 6.92 Å². The van der Waals surface area contributed by atoms with Gasteiger partial charge in [0.2, 0.25) is 0 Å². The fourth-order valence-corrected chi connectivity index (χ4v) is 5.07. The second kappa shape index (κ2) is 4.41. The summed E-state index contributed by atoms with van der Waals surface area (Å²) in [5.41, 5.74) is 9.03. The third kappa shape index (κ3) is 1.46. The molecule has 3 heterocycles. The lowest BCUT2D eigenvalue weighted by Gasteiger charge is -2.12. The molecule has 2 heteroatoms. The maximum absolute atomic E-state index is 2.47. The van der Waals surface area contributed by atoms with E-state index < -0.39 is 0 Å². The summed E-state index contributed by atoms with van der Waals surface area (Å²) >= 11 is 0. The van der Waals surface area contributed by atoms with Gasteiger partial charge in [-0.3, -0.25) is 0 Å². The van der Waals surface area contributed by atoms with Gasteiger partial charge in [-0.1, -0.05) is 48.5 Å². The molecule has 2 nitrogen and oxygen atoms in total. The third-order valence-electron chi connectivity index (χ3n) is 6.05. The zero-order valence-electron chi connectivity index (χ0n) is 14.9. The van der Waals surface area contributed by atoms with E-state index in [1.165, 1.54) is 60.2 Å². The molecule has 0 atom stereocenters. The zero-order chi connectivity index (χ0) is 17.7. The Kier molecular flexibility index (Phi) is 2.23. The summed E-state index contributed by atoms with van der Waals surface area (Å²) in [6.45, 7) is 2.20. The molecular formula is C25H16N2. The Morgan fingerprint density at radius 1 is 0.481 bits per heavy atom. The SMILES string of the molecule is Cc1cc2c3ccccc3n3c4cccc5c6ccccc6n(c(c1)c23)c54. The van der Waals surface area contributed by atoms with E-state index in [1.807, 2.05) is 0 Å². The van der Waals surface area contributed by atoms with Gasteiger partial charge in [-0.05, 0) is 42.8 Å². The Hall–Kier alpha value is -3.52. The lowest BCUT2D eigenvalue weighted by molar-refractivity contribution is 1.25. The van der Waals surface area contributed by atoms with Crippen molar-refractivity contribution in [3.05, 3.63) is 84.4 Å². The van der Waals surface area contributed by atoms with Crippen molar-refractivity contribution in [1.82, 2.24) is 8.80 Å². The maximum Gasteiger partial charge on any atom is 0.0783 e. The van der Waals surface area contributed by atoms with Crippen LogP contribution in [0.1, 0.15) is 5.56 Å². The van der Waals surface area contributed by atoms with Crippen LogP contribution in [-0.4, -0.2) is 8.80 Å². The summed E-state index contributed by atoms with van der Waals surface area (Å²) in [4.78, 5) is 0. The molecule has 7 rings (SSSR count). The fourth-order valence-electron chi connectivity index (χ4n) is 5.07. The normalized spacial score (nSPS) is 12.6. The predicted octanol–water partition coefficient (Wildman–Crippen LogP) is 6.55. The van der Waals surface area contributed by atoms with Gasteiger partial charge in [0, 0.05) is 21.5 Å². The molecule has 0 saturated carbocycles. The standard InChI is InChI=1S/C25H16N2/c1-15-13-19-17-8-3-5-11-21(17)26-22-12-6-9-18-16-7-2-4-10-20(16)27(24(18)22)23(14-15)25(19)26/h2-14H,1H3. The topological polar surface area (TPSA) is 8.82 Å². The van der Waals surface area contributed by atoms with Crippen molar-refractivity contribution >= 4 is 54.6 Å². The first-order valence-electron chi connectivity index (χ1n) is 9.40. The first-order valence-corrected chi connectivity index (χ1v) is 9.40. The predicted molar refractivity (Wildman–Crippen MR) is 114 cm³/mol. The van der Waals surface area contributed by atoms with Crippen LogP contribution in [0.25, 0.3) is 54.6 Å². The highest BCUT2D eigenvalue weighted by Gasteiger charge is 2.20. The van der Waals surface area contributed by atoms with Crippen molar-refractivity contribution in [2.24, 2.45) is 0 Å². The van der Waals surface area contributed by atoms with Gasteiger partial charge in [-0.25, -0.2) is 0 Å². The molecule has 0 amide bonds. The van der Waals surface area contributed by atoms with E-state index >= 15 is 0 Å². The van der Waals surface area contributed by atoms with Crippen LogP contribution in [0, 0.1) is 6.92 Å². The molecule has 126 valence electrons. The largest absolute Gasteiger partial charge is 0.305 e. The van der Waals surface area contributed by atoms with E-state index in [4.69, 9.17) is 0 Å². The molecule has 27 heavy (non-hydrogen) atoms. The summed E-state index contributed by atoms with van der Waals surface area (Å²) in [5.74, 6) is 0. The van der Waals surface area contributed by atoms with Crippen LogP contribution >= 0.6 is 0 Å². The van der Waals surface area contributed by atoms with Crippen molar-refractivity contribution in [3.8, 4) is 0 Å². The van der Waals surface area contributed by atoms with E-state index in [9.17, 15) is 0 Å². The van der Waals surface area contributed by atoms with Crippen LogP contribution in [0.4, 0.5) is 0 Å². The minimum Gasteiger partial charge on any atom is -0.305 e. The number of aromatic nitrogens is 2. The molecule has 0 aliphatic heterocycles. The highest BCUT2D eigenvalue weighted by molar-refractivity contribution is 6.21. The second-order valence-electron chi connectivity index (χ2n) is 7.56. The first kappa shape index (κ1) is 13.7. The molecule has 0 N–H and O–H groups in total. The molecule has 0 fully saturated rings. The van der Waals surface area contributed by atoms with Crippen LogP contribution < -0.4 is 0 Å². The van der Waals surface area contributed by atoms with Crippen molar-refractivity contribution in [2.75, 3.05) is 0 Å². The smallest absolute Gasteiger partial charge is 0.0783 e. The van der Waals surface area contributed by atoms with Gasteiger partial charge in [-0.2, -0.15) is 0 Å². The van der Waals surface area contributed by atoms with E-state index in [-0.39, 0.29) is 0 Å². The van der Waals surface area contributed by atoms with Gasteiger partial charge < -0.3 is 8.80 Å². The molecule has 0 unspecified atom stereocenters. The van der Waals surface area contributed by atoms with Crippen LogP contribution in [0.2, 0.25) is 0 Å². The lowest BCUT2D eigenvalue weighted by atomic mass is 10.1. The van der Waals surface area contributed by atoms with Gasteiger partial charge >= 0.3 is 0 Å². The van der Waals surface area contributed by atoms with Gasteiger partial charge in [-0.15, -0.1) is 0 Å². The number of nitrogens with zero attached hydrogens (tertiary/aromatic N) is 2. The van der Waals surface area contributed by atoms with E-state index in [0.717, 1.165) is 0 Å². The molecule has 0 spiro atoms. The molecule has 0 aliphatic carbocycles. The third-order valence-corrected chi connectivity index (χ3v) is 6.05. The summed E-state index contributed by atoms with van der Waals surface area (Å²) in [5, 5.41) is 5.30. The number of benzene rings is 4. The van der Waals surface area contributed by atoms with E-state index in [2.05, 4.69) is 94.6 Å². The molecular weight excluding hydrogens is 328 g/mol. The monoisotopic (exact) mass is 344 g/mol. The number of hydrogen-bond donors (Lipinski definition) is 0. The summed E-state index contributed by atoms with van der Waals surface area (Å²) < 4.78 is 4.93. The summed E-state index contributed by atoms with van der Waals surface area (Å²) in [7, 11) is 0. The van der Waals surface area contributed by atoms with Gasteiger partial charge in [0.25, 0.3) is 0 Å². The van der Waals surface area contributed by atoms with Crippen molar-refractivity contribution in [3.63, 3.8) is 0 Å². The van der Waals surface area contributed by atoms with E-state index in [1.54, 1.807) is 0 Å². The Morgan fingerprint density at radius 2 is 1.04 bits per heavy atom. The fraction of sp³-hybridized carbons (Fsp3) is 0.0400. The van der Waals surface area contributed by atoms with Gasteiger partial charge in [0.05, 0.1) is 33.1 Å². The number of rotatable bonds is 0. The zero-order valence-corrected chi connectivity index (χ0v) is 14.9. The maximum atomic E-state index is 2.47. The molecule has 3 aromatic heterocycles. The van der Waals surface area contributed by atoms with Crippen LogP contribution in [-0.2, 0) is 0 Å². The molecule has 0 aliphatic rings. The number of aryl methyl sites for hydroxylation is 1. The highest BCUT2D eigenvalue weighted by Crippen LogP contribution is 2.40. The Labute approximate surface area is 155 Å².